The predicted octanol–water partition coefficient (Wildman–Crippen LogP) is 3.55. The lowest BCUT2D eigenvalue weighted by atomic mass is 9.93. The number of ether oxygens (including phenoxy) is 1. The van der Waals surface area contributed by atoms with Gasteiger partial charge in [0.2, 0.25) is 0 Å². The fraction of sp³-hybridized carbons (Fsp3) is 0.350. The van der Waals surface area contributed by atoms with Crippen LogP contribution >= 0.6 is 0 Å². The average Bonchev–Trinajstić information content (AvgIpc) is 2.61. The normalized spacial score (nSPS) is 10.4. The first-order chi connectivity index (χ1) is 12.0. The van der Waals surface area contributed by atoms with Gasteiger partial charge in [-0.2, -0.15) is 0 Å². The summed E-state index contributed by atoms with van der Waals surface area (Å²) in [7, 11) is 0. The number of carbonyl (C=O) groups is 2. The highest BCUT2D eigenvalue weighted by molar-refractivity contribution is 6.04. The number of nitrogens with zero attached hydrogens (tertiary/aromatic N) is 1. The highest BCUT2D eigenvalue weighted by atomic mass is 16.5. The van der Waals surface area contributed by atoms with Gasteiger partial charge in [-0.15, -0.1) is 0 Å². The minimum Gasteiger partial charge on any atom is -0.462 e. The van der Waals surface area contributed by atoms with E-state index in [1.54, 1.807) is 13.8 Å². The fourth-order valence-electron chi connectivity index (χ4n) is 2.90. The fourth-order valence-corrected chi connectivity index (χ4v) is 2.90. The number of pyridine rings is 1. The number of rotatable bonds is 6. The van der Waals surface area contributed by atoms with Crippen LogP contribution in [-0.4, -0.2) is 30.0 Å². The van der Waals surface area contributed by atoms with E-state index in [0.29, 0.717) is 41.0 Å². The molecule has 0 aliphatic heterocycles. The summed E-state index contributed by atoms with van der Waals surface area (Å²) in [6, 6.07) is 9.49. The summed E-state index contributed by atoms with van der Waals surface area (Å²) in [5, 5.41) is 2.80. The molecule has 0 spiro atoms. The van der Waals surface area contributed by atoms with Crippen LogP contribution in [0.3, 0.4) is 0 Å². The summed E-state index contributed by atoms with van der Waals surface area (Å²) in [4.78, 5) is 29.8. The number of amides is 1. The lowest BCUT2D eigenvalue weighted by molar-refractivity contribution is 0.0525. The average molecular weight is 340 g/mol. The van der Waals surface area contributed by atoms with E-state index in [0.717, 1.165) is 5.56 Å². The number of hydrogen-bond donors (Lipinski definition) is 1. The Morgan fingerprint density at radius 2 is 1.76 bits per heavy atom. The zero-order valence-corrected chi connectivity index (χ0v) is 15.2. The van der Waals surface area contributed by atoms with E-state index in [9.17, 15) is 9.59 Å². The van der Waals surface area contributed by atoms with Crippen LogP contribution in [0.1, 0.15) is 52.7 Å². The molecule has 25 heavy (non-hydrogen) atoms. The highest BCUT2D eigenvalue weighted by Gasteiger charge is 2.26. The Balaban J connectivity index is 2.78. The number of hydrogen-bond acceptors (Lipinski definition) is 4. The molecule has 0 aliphatic carbocycles. The van der Waals surface area contributed by atoms with Crippen molar-refractivity contribution in [3.63, 3.8) is 0 Å². The third kappa shape index (κ3) is 3.87. The molecular formula is C20H24N2O3. The Hall–Kier alpha value is -2.69. The molecule has 0 saturated heterocycles. The van der Waals surface area contributed by atoms with Gasteiger partial charge in [0, 0.05) is 12.1 Å². The van der Waals surface area contributed by atoms with Crippen LogP contribution in [0.25, 0.3) is 11.3 Å². The number of nitrogens with one attached hydrogen (secondary N) is 1. The maximum atomic E-state index is 12.7. The second-order valence-electron chi connectivity index (χ2n) is 5.57. The van der Waals surface area contributed by atoms with E-state index in [2.05, 4.69) is 10.3 Å². The van der Waals surface area contributed by atoms with Crippen molar-refractivity contribution in [3.05, 3.63) is 52.7 Å². The Bertz CT molecular complexity index is 770. The van der Waals surface area contributed by atoms with Crippen molar-refractivity contribution in [2.24, 2.45) is 0 Å². The van der Waals surface area contributed by atoms with Gasteiger partial charge in [-0.1, -0.05) is 37.3 Å². The summed E-state index contributed by atoms with van der Waals surface area (Å²) in [6.45, 7) is 8.12. The van der Waals surface area contributed by atoms with Crippen LogP contribution in [0, 0.1) is 6.92 Å². The third-order valence-corrected chi connectivity index (χ3v) is 3.93. The van der Waals surface area contributed by atoms with Gasteiger partial charge in [0.1, 0.15) is 0 Å². The first-order valence-corrected chi connectivity index (χ1v) is 8.59. The smallest absolute Gasteiger partial charge is 0.340 e. The summed E-state index contributed by atoms with van der Waals surface area (Å²) in [5.74, 6) is -0.661. The monoisotopic (exact) mass is 340 g/mol. The number of benzene rings is 1. The SMILES string of the molecule is CCNC(=O)c1c(C)nc(-c2ccccc2)c(C(=O)OCC)c1CC. The van der Waals surface area contributed by atoms with Gasteiger partial charge < -0.3 is 10.1 Å². The van der Waals surface area contributed by atoms with Crippen molar-refractivity contribution >= 4 is 11.9 Å². The Morgan fingerprint density at radius 1 is 1.08 bits per heavy atom. The van der Waals surface area contributed by atoms with E-state index in [1.807, 2.05) is 44.2 Å². The highest BCUT2D eigenvalue weighted by Crippen LogP contribution is 2.29. The molecule has 1 aromatic carbocycles. The molecule has 0 atom stereocenters. The Kier molecular flexibility index (Phi) is 6.28. The van der Waals surface area contributed by atoms with Crippen molar-refractivity contribution < 1.29 is 14.3 Å². The molecule has 5 nitrogen and oxygen atoms in total. The second kappa shape index (κ2) is 8.42. The Labute approximate surface area is 148 Å². The van der Waals surface area contributed by atoms with Crippen LogP contribution in [0.15, 0.2) is 30.3 Å². The van der Waals surface area contributed by atoms with E-state index in [4.69, 9.17) is 4.74 Å². The van der Waals surface area contributed by atoms with Crippen LogP contribution in [-0.2, 0) is 11.2 Å². The van der Waals surface area contributed by atoms with Gasteiger partial charge in [0.05, 0.1) is 29.1 Å². The Morgan fingerprint density at radius 3 is 2.32 bits per heavy atom. The molecule has 1 N–H and O–H groups in total. The topological polar surface area (TPSA) is 68.3 Å². The molecule has 0 unspecified atom stereocenters. The van der Waals surface area contributed by atoms with E-state index in [-0.39, 0.29) is 12.5 Å². The van der Waals surface area contributed by atoms with Crippen molar-refractivity contribution in [3.8, 4) is 11.3 Å². The van der Waals surface area contributed by atoms with Gasteiger partial charge in [0.25, 0.3) is 5.91 Å². The molecule has 2 aromatic rings. The zero-order chi connectivity index (χ0) is 18.4. The zero-order valence-electron chi connectivity index (χ0n) is 15.2. The van der Waals surface area contributed by atoms with Gasteiger partial charge >= 0.3 is 5.97 Å². The van der Waals surface area contributed by atoms with Crippen molar-refractivity contribution in [2.75, 3.05) is 13.2 Å². The van der Waals surface area contributed by atoms with Crippen molar-refractivity contribution in [1.29, 1.82) is 0 Å². The number of aromatic nitrogens is 1. The van der Waals surface area contributed by atoms with E-state index >= 15 is 0 Å². The summed E-state index contributed by atoms with van der Waals surface area (Å²) in [6.07, 6.45) is 0.532. The van der Waals surface area contributed by atoms with Gasteiger partial charge in [-0.3, -0.25) is 9.78 Å². The second-order valence-corrected chi connectivity index (χ2v) is 5.57. The lowest BCUT2D eigenvalue weighted by Gasteiger charge is -2.18. The maximum absolute atomic E-state index is 12.7. The standard InChI is InChI=1S/C20H24N2O3/c1-5-15-16(19(23)21-6-2)13(4)22-18(14-11-9-8-10-12-14)17(15)20(24)25-7-3/h8-12H,5-7H2,1-4H3,(H,21,23). The quantitative estimate of drug-likeness (QED) is 0.817. The predicted molar refractivity (Wildman–Crippen MR) is 97.8 cm³/mol. The summed E-state index contributed by atoms with van der Waals surface area (Å²) >= 11 is 0. The van der Waals surface area contributed by atoms with Gasteiger partial charge in [0.15, 0.2) is 0 Å². The summed E-state index contributed by atoms with van der Waals surface area (Å²) < 4.78 is 5.26. The molecule has 5 heteroatoms. The lowest BCUT2D eigenvalue weighted by Crippen LogP contribution is -2.27. The molecule has 1 amide bonds. The number of aryl methyl sites for hydroxylation is 1. The van der Waals surface area contributed by atoms with Gasteiger partial charge in [-0.05, 0) is 32.8 Å². The minimum atomic E-state index is -0.448. The molecular weight excluding hydrogens is 316 g/mol. The van der Waals surface area contributed by atoms with Crippen LogP contribution in [0.4, 0.5) is 0 Å². The third-order valence-electron chi connectivity index (χ3n) is 3.93. The molecule has 0 radical (unpaired) electrons. The maximum Gasteiger partial charge on any atom is 0.340 e. The molecule has 2 rings (SSSR count). The van der Waals surface area contributed by atoms with E-state index in [1.165, 1.54) is 0 Å². The number of esters is 1. The van der Waals surface area contributed by atoms with Crippen LogP contribution < -0.4 is 5.32 Å². The first-order valence-electron chi connectivity index (χ1n) is 8.59. The van der Waals surface area contributed by atoms with Crippen molar-refractivity contribution in [1.82, 2.24) is 10.3 Å². The minimum absolute atomic E-state index is 0.213. The molecule has 0 fully saturated rings. The molecule has 0 bridgehead atoms. The van der Waals surface area contributed by atoms with E-state index < -0.39 is 5.97 Å². The number of carbonyl (C=O) groups excluding carboxylic acids is 2. The summed E-state index contributed by atoms with van der Waals surface area (Å²) in [5.41, 5.74) is 3.51. The molecule has 132 valence electrons. The largest absolute Gasteiger partial charge is 0.462 e. The van der Waals surface area contributed by atoms with Gasteiger partial charge in [-0.25, -0.2) is 4.79 Å². The van der Waals surface area contributed by atoms with Crippen molar-refractivity contribution in [2.45, 2.75) is 34.1 Å². The molecule has 1 heterocycles. The van der Waals surface area contributed by atoms with Crippen LogP contribution in [0.5, 0.6) is 0 Å². The molecule has 1 aromatic heterocycles. The molecule has 0 saturated carbocycles. The first kappa shape index (κ1) is 18.6. The van der Waals surface area contributed by atoms with Crippen LogP contribution in [0.2, 0.25) is 0 Å². The molecule has 0 aliphatic rings.